The number of fused-ring (bicyclic) bond motifs is 1. The van der Waals surface area contributed by atoms with Crippen LogP contribution in [0.1, 0.15) is 23.7 Å². The van der Waals surface area contributed by atoms with Gasteiger partial charge in [0.2, 0.25) is 0 Å². The van der Waals surface area contributed by atoms with Crippen LogP contribution in [0.3, 0.4) is 0 Å². The summed E-state index contributed by atoms with van der Waals surface area (Å²) in [6.07, 6.45) is 3.81. The molecule has 0 fully saturated rings. The van der Waals surface area contributed by atoms with Gasteiger partial charge in [0.15, 0.2) is 0 Å². The van der Waals surface area contributed by atoms with Gasteiger partial charge in [0.05, 0.1) is 25.7 Å². The van der Waals surface area contributed by atoms with E-state index in [1.807, 2.05) is 42.6 Å². The third-order valence-electron chi connectivity index (χ3n) is 3.48. The third kappa shape index (κ3) is 2.20. The first-order valence-electron chi connectivity index (χ1n) is 6.46. The molecule has 0 spiro atoms. The summed E-state index contributed by atoms with van der Waals surface area (Å²) in [5.74, 6) is 0.366. The fourth-order valence-corrected chi connectivity index (χ4v) is 2.49. The largest absolute Gasteiger partial charge is 0.469 e. The number of benzene rings is 1. The zero-order chi connectivity index (χ0) is 13.9. The van der Waals surface area contributed by atoms with E-state index in [9.17, 15) is 4.79 Å². The summed E-state index contributed by atoms with van der Waals surface area (Å²) in [4.78, 5) is 14.9. The minimum Gasteiger partial charge on any atom is -0.469 e. The Morgan fingerprint density at radius 3 is 2.90 bits per heavy atom. The van der Waals surface area contributed by atoms with E-state index >= 15 is 0 Å². The van der Waals surface area contributed by atoms with Crippen molar-refractivity contribution in [2.24, 2.45) is 0 Å². The summed E-state index contributed by atoms with van der Waals surface area (Å²) in [5.41, 5.74) is 2.09. The second-order valence-electron chi connectivity index (χ2n) is 4.64. The first-order valence-corrected chi connectivity index (χ1v) is 6.46. The average molecular weight is 269 g/mol. The number of carbonyl (C=O) groups excluding carboxylic acids is 1. The third-order valence-corrected chi connectivity index (χ3v) is 3.48. The van der Waals surface area contributed by atoms with Gasteiger partial charge in [-0.1, -0.05) is 18.2 Å². The maximum absolute atomic E-state index is 11.7. The van der Waals surface area contributed by atoms with Gasteiger partial charge >= 0.3 is 5.97 Å². The van der Waals surface area contributed by atoms with Gasteiger partial charge in [-0.25, -0.2) is 0 Å². The lowest BCUT2D eigenvalue weighted by Gasteiger charge is -2.12. The minimum atomic E-state index is -0.253. The molecule has 3 rings (SSSR count). The van der Waals surface area contributed by atoms with E-state index in [-0.39, 0.29) is 18.3 Å². The van der Waals surface area contributed by atoms with Crippen molar-refractivity contribution in [3.05, 3.63) is 60.2 Å². The number of furan rings is 1. The van der Waals surface area contributed by atoms with Crippen LogP contribution in [0.2, 0.25) is 0 Å². The Morgan fingerprint density at radius 1 is 1.30 bits per heavy atom. The predicted molar refractivity (Wildman–Crippen MR) is 75.5 cm³/mol. The SMILES string of the molecule is COC(=O)C[C@H](c1ccco1)c1c[nH]c2ccccc12. The highest BCUT2D eigenvalue weighted by Gasteiger charge is 2.23. The number of aromatic nitrogens is 1. The van der Waals surface area contributed by atoms with Crippen LogP contribution in [0.4, 0.5) is 0 Å². The number of para-hydroxylation sites is 1. The van der Waals surface area contributed by atoms with E-state index < -0.39 is 0 Å². The number of hydrogen-bond acceptors (Lipinski definition) is 3. The number of hydrogen-bond donors (Lipinski definition) is 1. The molecule has 4 heteroatoms. The highest BCUT2D eigenvalue weighted by Crippen LogP contribution is 2.33. The molecule has 0 saturated carbocycles. The molecule has 0 amide bonds. The lowest BCUT2D eigenvalue weighted by atomic mass is 9.93. The quantitative estimate of drug-likeness (QED) is 0.738. The van der Waals surface area contributed by atoms with Crippen LogP contribution in [-0.4, -0.2) is 18.1 Å². The van der Waals surface area contributed by atoms with Crippen molar-refractivity contribution in [2.75, 3.05) is 7.11 Å². The highest BCUT2D eigenvalue weighted by atomic mass is 16.5. The molecule has 1 aromatic carbocycles. The standard InChI is InChI=1S/C16H15NO3/c1-19-16(18)9-12(15-7-4-8-20-15)13-10-17-14-6-3-2-5-11(13)14/h2-8,10,12,17H,9H2,1H3/t12-/m0/s1. The normalized spacial score (nSPS) is 12.4. The maximum atomic E-state index is 11.7. The maximum Gasteiger partial charge on any atom is 0.306 e. The Hall–Kier alpha value is -2.49. The number of ether oxygens (including phenoxy) is 1. The summed E-state index contributed by atoms with van der Waals surface area (Å²) < 4.78 is 10.3. The van der Waals surface area contributed by atoms with E-state index in [1.165, 1.54) is 7.11 Å². The Morgan fingerprint density at radius 2 is 2.15 bits per heavy atom. The van der Waals surface area contributed by atoms with E-state index in [0.29, 0.717) is 0 Å². The summed E-state index contributed by atoms with van der Waals surface area (Å²) in [6.45, 7) is 0. The van der Waals surface area contributed by atoms with E-state index in [1.54, 1.807) is 6.26 Å². The molecule has 0 aliphatic rings. The number of aromatic amines is 1. The molecule has 0 aliphatic carbocycles. The molecule has 2 aromatic heterocycles. The van der Waals surface area contributed by atoms with Crippen LogP contribution in [-0.2, 0) is 9.53 Å². The monoisotopic (exact) mass is 269 g/mol. The molecule has 0 saturated heterocycles. The molecule has 2 heterocycles. The first kappa shape index (κ1) is 12.5. The van der Waals surface area contributed by atoms with Crippen LogP contribution < -0.4 is 0 Å². The van der Waals surface area contributed by atoms with Crippen LogP contribution in [0.25, 0.3) is 10.9 Å². The van der Waals surface area contributed by atoms with Gasteiger partial charge in [-0.15, -0.1) is 0 Å². The van der Waals surface area contributed by atoms with E-state index in [4.69, 9.17) is 9.15 Å². The molecule has 0 aliphatic heterocycles. The van der Waals surface area contributed by atoms with Gasteiger partial charge in [-0.2, -0.15) is 0 Å². The molecule has 0 radical (unpaired) electrons. The number of H-pyrrole nitrogens is 1. The van der Waals surface area contributed by atoms with Crippen molar-refractivity contribution >= 4 is 16.9 Å². The molecule has 102 valence electrons. The predicted octanol–water partition coefficient (Wildman–Crippen LogP) is 3.46. The molecular weight excluding hydrogens is 254 g/mol. The number of nitrogens with one attached hydrogen (secondary N) is 1. The van der Waals surface area contributed by atoms with E-state index in [2.05, 4.69) is 4.98 Å². The van der Waals surface area contributed by atoms with Crippen molar-refractivity contribution in [2.45, 2.75) is 12.3 Å². The van der Waals surface area contributed by atoms with Crippen molar-refractivity contribution in [3.8, 4) is 0 Å². The number of esters is 1. The van der Waals surface area contributed by atoms with Gasteiger partial charge in [-0.05, 0) is 23.8 Å². The van der Waals surface area contributed by atoms with Crippen molar-refractivity contribution in [1.29, 1.82) is 0 Å². The number of rotatable bonds is 4. The minimum absolute atomic E-state index is 0.145. The smallest absolute Gasteiger partial charge is 0.306 e. The summed E-state index contributed by atoms with van der Waals surface area (Å²) in [7, 11) is 1.40. The summed E-state index contributed by atoms with van der Waals surface area (Å²) in [6, 6.07) is 11.7. The van der Waals surface area contributed by atoms with Crippen LogP contribution in [0.15, 0.2) is 53.3 Å². The topological polar surface area (TPSA) is 55.2 Å². The average Bonchev–Trinajstić information content (AvgIpc) is 3.14. The van der Waals surface area contributed by atoms with Crippen LogP contribution in [0.5, 0.6) is 0 Å². The highest BCUT2D eigenvalue weighted by molar-refractivity contribution is 5.85. The van der Waals surface area contributed by atoms with Crippen LogP contribution in [0, 0.1) is 0 Å². The fraction of sp³-hybridized carbons (Fsp3) is 0.188. The zero-order valence-corrected chi connectivity index (χ0v) is 11.1. The molecule has 0 unspecified atom stereocenters. The van der Waals surface area contributed by atoms with Crippen molar-refractivity contribution in [3.63, 3.8) is 0 Å². The van der Waals surface area contributed by atoms with E-state index in [0.717, 1.165) is 22.2 Å². The fourth-order valence-electron chi connectivity index (χ4n) is 2.49. The molecule has 0 bridgehead atoms. The zero-order valence-electron chi connectivity index (χ0n) is 11.1. The molecule has 20 heavy (non-hydrogen) atoms. The van der Waals surface area contributed by atoms with Crippen LogP contribution >= 0.6 is 0 Å². The number of methoxy groups -OCH3 is 1. The van der Waals surface area contributed by atoms with Gasteiger partial charge in [0, 0.05) is 17.1 Å². The summed E-state index contributed by atoms with van der Waals surface area (Å²) >= 11 is 0. The van der Waals surface area contributed by atoms with Gasteiger partial charge in [0.25, 0.3) is 0 Å². The molecule has 4 nitrogen and oxygen atoms in total. The van der Waals surface area contributed by atoms with Gasteiger partial charge in [0.1, 0.15) is 5.76 Å². The van der Waals surface area contributed by atoms with Gasteiger partial charge in [-0.3, -0.25) is 4.79 Å². The lowest BCUT2D eigenvalue weighted by Crippen LogP contribution is -2.09. The molecule has 1 N–H and O–H groups in total. The molecule has 1 atom stereocenters. The van der Waals surface area contributed by atoms with Crippen molar-refractivity contribution in [1.82, 2.24) is 4.98 Å². The first-order chi connectivity index (χ1) is 9.79. The number of carbonyl (C=O) groups is 1. The second-order valence-corrected chi connectivity index (χ2v) is 4.64. The summed E-state index contributed by atoms with van der Waals surface area (Å²) in [5, 5.41) is 1.10. The second kappa shape index (κ2) is 5.25. The Bertz CT molecular complexity index is 712. The Labute approximate surface area is 116 Å². The Kier molecular flexibility index (Phi) is 3.29. The van der Waals surface area contributed by atoms with Gasteiger partial charge < -0.3 is 14.1 Å². The molecular formula is C16H15NO3. The molecule has 3 aromatic rings. The lowest BCUT2D eigenvalue weighted by molar-refractivity contribution is -0.140. The Balaban J connectivity index is 2.07. The van der Waals surface area contributed by atoms with Crippen molar-refractivity contribution < 1.29 is 13.9 Å².